The topological polar surface area (TPSA) is 104 Å². The Kier molecular flexibility index (Phi) is 5.79. The van der Waals surface area contributed by atoms with E-state index in [4.69, 9.17) is 14.5 Å². The van der Waals surface area contributed by atoms with Crippen LogP contribution in [0.5, 0.6) is 0 Å². The zero-order chi connectivity index (χ0) is 22.0. The van der Waals surface area contributed by atoms with E-state index in [-0.39, 0.29) is 6.04 Å². The third-order valence-corrected chi connectivity index (χ3v) is 5.52. The highest BCUT2D eigenvalue weighted by molar-refractivity contribution is 5.86. The molecule has 2 atom stereocenters. The van der Waals surface area contributed by atoms with Gasteiger partial charge in [0.2, 0.25) is 0 Å². The van der Waals surface area contributed by atoms with Crippen molar-refractivity contribution in [2.24, 2.45) is 5.92 Å². The molecule has 1 fully saturated rings. The molecular formula is C23H27N5O3. The highest BCUT2D eigenvalue weighted by Gasteiger charge is 2.27. The standard InChI is InChI=1S/C23H27N5O3/c1-14(2)18-13-31-21-5-4-16(26-22(18)21)9-25-19-10-24-7-6-20(19)28-11-15(3)8-17(12-28)27-23(29)30/h4-7,10,13,15,17,25,27H,1,8-9,11-12H2,2-3H3,(H,29,30)/t15-,17+/m1/s1. The third kappa shape index (κ3) is 4.63. The summed E-state index contributed by atoms with van der Waals surface area (Å²) in [7, 11) is 0. The Morgan fingerprint density at radius 1 is 1.35 bits per heavy atom. The molecule has 0 unspecified atom stereocenters. The van der Waals surface area contributed by atoms with E-state index in [2.05, 4.69) is 34.0 Å². The van der Waals surface area contributed by atoms with E-state index < -0.39 is 6.09 Å². The largest absolute Gasteiger partial charge is 0.465 e. The van der Waals surface area contributed by atoms with Crippen LogP contribution in [-0.4, -0.2) is 40.3 Å². The first-order valence-electron chi connectivity index (χ1n) is 10.4. The summed E-state index contributed by atoms with van der Waals surface area (Å²) in [6.07, 6.45) is 5.09. The first kappa shape index (κ1) is 20.7. The number of rotatable bonds is 6. The number of aromatic nitrogens is 2. The van der Waals surface area contributed by atoms with Gasteiger partial charge >= 0.3 is 6.09 Å². The first-order chi connectivity index (χ1) is 14.9. The van der Waals surface area contributed by atoms with Gasteiger partial charge in [0.1, 0.15) is 11.8 Å². The van der Waals surface area contributed by atoms with Gasteiger partial charge in [-0.15, -0.1) is 0 Å². The maximum Gasteiger partial charge on any atom is 0.404 e. The van der Waals surface area contributed by atoms with Crippen LogP contribution >= 0.6 is 0 Å². The lowest BCUT2D eigenvalue weighted by molar-refractivity contribution is 0.186. The minimum Gasteiger partial charge on any atom is -0.465 e. The summed E-state index contributed by atoms with van der Waals surface area (Å²) in [5.74, 6) is 0.373. The Bertz CT molecular complexity index is 1110. The molecule has 3 aromatic heterocycles. The molecule has 4 heterocycles. The summed E-state index contributed by atoms with van der Waals surface area (Å²) >= 11 is 0. The number of hydrogen-bond donors (Lipinski definition) is 3. The maximum absolute atomic E-state index is 11.1. The molecule has 162 valence electrons. The molecule has 0 bridgehead atoms. The minimum atomic E-state index is -0.984. The Balaban J connectivity index is 1.53. The molecule has 0 spiro atoms. The van der Waals surface area contributed by atoms with Crippen LogP contribution in [0.25, 0.3) is 16.7 Å². The first-order valence-corrected chi connectivity index (χ1v) is 10.4. The van der Waals surface area contributed by atoms with Crippen molar-refractivity contribution in [2.75, 3.05) is 23.3 Å². The van der Waals surface area contributed by atoms with Crippen molar-refractivity contribution < 1.29 is 14.3 Å². The fraction of sp³-hybridized carbons (Fsp3) is 0.348. The summed E-state index contributed by atoms with van der Waals surface area (Å²) in [5.41, 5.74) is 6.15. The second-order valence-electron chi connectivity index (χ2n) is 8.22. The lowest BCUT2D eigenvalue weighted by Crippen LogP contribution is -2.50. The van der Waals surface area contributed by atoms with Gasteiger partial charge in [-0.3, -0.25) is 4.98 Å². The number of hydrogen-bond acceptors (Lipinski definition) is 6. The number of carboxylic acid groups (broad SMARTS) is 1. The van der Waals surface area contributed by atoms with Gasteiger partial charge in [0.15, 0.2) is 5.58 Å². The molecule has 0 aliphatic carbocycles. The average molecular weight is 422 g/mol. The number of furan rings is 1. The second-order valence-corrected chi connectivity index (χ2v) is 8.22. The number of nitrogens with one attached hydrogen (secondary N) is 2. The van der Waals surface area contributed by atoms with Gasteiger partial charge in [-0.2, -0.15) is 0 Å². The zero-order valence-corrected chi connectivity index (χ0v) is 17.8. The Labute approximate surface area is 181 Å². The number of pyridine rings is 2. The Hall–Kier alpha value is -3.55. The van der Waals surface area contributed by atoms with Crippen molar-refractivity contribution in [3.63, 3.8) is 0 Å². The quantitative estimate of drug-likeness (QED) is 0.544. The lowest BCUT2D eigenvalue weighted by Gasteiger charge is -2.38. The molecule has 4 rings (SSSR count). The van der Waals surface area contributed by atoms with Crippen LogP contribution in [0.1, 0.15) is 31.5 Å². The van der Waals surface area contributed by atoms with Crippen LogP contribution in [0, 0.1) is 5.92 Å². The highest BCUT2D eigenvalue weighted by atomic mass is 16.4. The minimum absolute atomic E-state index is 0.104. The molecule has 0 radical (unpaired) electrons. The van der Waals surface area contributed by atoms with Crippen molar-refractivity contribution >= 4 is 34.1 Å². The van der Waals surface area contributed by atoms with E-state index in [1.165, 1.54) is 0 Å². The van der Waals surface area contributed by atoms with Crippen molar-refractivity contribution in [3.8, 4) is 0 Å². The summed E-state index contributed by atoms with van der Waals surface area (Å²) in [6, 6.07) is 5.72. The SMILES string of the molecule is C=C(C)c1coc2ccc(CNc3cnccc3N3C[C@H](C)C[C@H](NC(=O)O)C3)nc12. The summed E-state index contributed by atoms with van der Waals surface area (Å²) in [6.45, 7) is 10.1. The summed E-state index contributed by atoms with van der Waals surface area (Å²) in [4.78, 5) is 22.3. The molecule has 31 heavy (non-hydrogen) atoms. The number of allylic oxidation sites excluding steroid dienone is 1. The molecule has 1 amide bonds. The van der Waals surface area contributed by atoms with Gasteiger partial charge in [0.25, 0.3) is 0 Å². The number of carbonyl (C=O) groups is 1. The number of anilines is 2. The van der Waals surface area contributed by atoms with E-state index >= 15 is 0 Å². The molecule has 1 aliphatic heterocycles. The normalized spacial score (nSPS) is 18.7. The molecular weight excluding hydrogens is 394 g/mol. The van der Waals surface area contributed by atoms with E-state index in [0.29, 0.717) is 19.0 Å². The van der Waals surface area contributed by atoms with Crippen molar-refractivity contribution in [1.29, 1.82) is 0 Å². The van der Waals surface area contributed by atoms with Crippen molar-refractivity contribution in [3.05, 3.63) is 54.7 Å². The fourth-order valence-corrected chi connectivity index (χ4v) is 4.17. The van der Waals surface area contributed by atoms with Crippen LogP contribution in [0.2, 0.25) is 0 Å². The predicted molar refractivity (Wildman–Crippen MR) is 121 cm³/mol. The van der Waals surface area contributed by atoms with E-state index in [0.717, 1.165) is 52.3 Å². The van der Waals surface area contributed by atoms with E-state index in [1.54, 1.807) is 18.7 Å². The van der Waals surface area contributed by atoms with Gasteiger partial charge in [-0.05, 0) is 43.0 Å². The predicted octanol–water partition coefficient (Wildman–Crippen LogP) is 4.35. The zero-order valence-electron chi connectivity index (χ0n) is 17.8. The Morgan fingerprint density at radius 3 is 2.97 bits per heavy atom. The molecule has 8 nitrogen and oxygen atoms in total. The second kappa shape index (κ2) is 8.67. The number of piperidine rings is 1. The van der Waals surface area contributed by atoms with Crippen LogP contribution < -0.4 is 15.5 Å². The van der Waals surface area contributed by atoms with Crippen molar-refractivity contribution in [1.82, 2.24) is 15.3 Å². The molecule has 0 aromatic carbocycles. The molecule has 1 saturated heterocycles. The van der Waals surface area contributed by atoms with Crippen LogP contribution in [-0.2, 0) is 6.54 Å². The summed E-state index contributed by atoms with van der Waals surface area (Å²) < 4.78 is 5.57. The number of nitrogens with zero attached hydrogens (tertiary/aromatic N) is 3. The fourth-order valence-electron chi connectivity index (χ4n) is 4.17. The van der Waals surface area contributed by atoms with Gasteiger partial charge in [0, 0.05) is 30.9 Å². The number of fused-ring (bicyclic) bond motifs is 1. The van der Waals surface area contributed by atoms with Crippen LogP contribution in [0.15, 0.2) is 47.9 Å². The average Bonchev–Trinajstić information content (AvgIpc) is 3.15. The smallest absolute Gasteiger partial charge is 0.404 e. The van der Waals surface area contributed by atoms with Crippen LogP contribution in [0.3, 0.4) is 0 Å². The highest BCUT2D eigenvalue weighted by Crippen LogP contribution is 2.30. The third-order valence-electron chi connectivity index (χ3n) is 5.52. The number of amides is 1. The van der Waals surface area contributed by atoms with Crippen molar-refractivity contribution in [2.45, 2.75) is 32.9 Å². The van der Waals surface area contributed by atoms with Gasteiger partial charge in [-0.1, -0.05) is 13.5 Å². The van der Waals surface area contributed by atoms with Gasteiger partial charge < -0.3 is 25.1 Å². The molecule has 0 saturated carbocycles. The van der Waals surface area contributed by atoms with Gasteiger partial charge in [-0.25, -0.2) is 9.78 Å². The lowest BCUT2D eigenvalue weighted by atomic mass is 9.95. The van der Waals surface area contributed by atoms with Crippen LogP contribution in [0.4, 0.5) is 16.2 Å². The van der Waals surface area contributed by atoms with E-state index in [1.807, 2.05) is 25.1 Å². The Morgan fingerprint density at radius 2 is 2.19 bits per heavy atom. The summed E-state index contributed by atoms with van der Waals surface area (Å²) in [5, 5.41) is 15.2. The monoisotopic (exact) mass is 421 g/mol. The molecule has 8 heteroatoms. The molecule has 3 N–H and O–H groups in total. The molecule has 1 aliphatic rings. The maximum atomic E-state index is 11.1. The molecule has 3 aromatic rings. The van der Waals surface area contributed by atoms with Gasteiger partial charge in [0.05, 0.1) is 29.8 Å². The van der Waals surface area contributed by atoms with E-state index in [9.17, 15) is 4.79 Å².